The van der Waals surface area contributed by atoms with Crippen molar-refractivity contribution >= 4 is 56.8 Å². The van der Waals surface area contributed by atoms with Gasteiger partial charge in [0.15, 0.2) is 0 Å². The van der Waals surface area contributed by atoms with Gasteiger partial charge in [-0.05, 0) is 42.6 Å². The fourth-order valence-corrected chi connectivity index (χ4v) is 4.29. The second-order valence-electron chi connectivity index (χ2n) is 6.41. The van der Waals surface area contributed by atoms with Crippen LogP contribution in [0.1, 0.15) is 16.9 Å². The number of hydrogen-bond acceptors (Lipinski definition) is 5. The number of carbonyl (C=O) groups is 1. The third kappa shape index (κ3) is 4.58. The Bertz CT molecular complexity index is 1040. The van der Waals surface area contributed by atoms with E-state index < -0.39 is 0 Å². The number of fused-ring (bicyclic) bond motifs is 1. The lowest BCUT2D eigenvalue weighted by atomic mass is 10.2. The van der Waals surface area contributed by atoms with Gasteiger partial charge in [0, 0.05) is 17.0 Å². The van der Waals surface area contributed by atoms with Crippen LogP contribution in [0.25, 0.3) is 0 Å². The van der Waals surface area contributed by atoms with Crippen molar-refractivity contribution in [3.05, 3.63) is 76.5 Å². The Balaban J connectivity index is 1.49. The molecule has 28 heavy (non-hydrogen) atoms. The van der Waals surface area contributed by atoms with Crippen molar-refractivity contribution < 1.29 is 4.79 Å². The Morgan fingerprint density at radius 3 is 2.50 bits per heavy atom. The van der Waals surface area contributed by atoms with Crippen molar-refractivity contribution in [2.75, 3.05) is 11.1 Å². The molecule has 3 aromatic rings. The van der Waals surface area contributed by atoms with E-state index in [1.807, 2.05) is 66.9 Å². The predicted octanol–water partition coefficient (Wildman–Crippen LogP) is 5.98. The molecule has 0 bridgehead atoms. The van der Waals surface area contributed by atoms with Gasteiger partial charge in [-0.2, -0.15) is 0 Å². The van der Waals surface area contributed by atoms with Crippen LogP contribution in [0.5, 0.6) is 0 Å². The van der Waals surface area contributed by atoms with E-state index in [0.29, 0.717) is 12.2 Å². The molecule has 0 saturated heterocycles. The molecule has 4 rings (SSSR count). The lowest BCUT2D eigenvalue weighted by Crippen LogP contribution is -2.16. The first kappa shape index (κ1) is 18.7. The molecule has 2 aromatic carbocycles. The molecule has 0 atom stereocenters. The van der Waals surface area contributed by atoms with Gasteiger partial charge in [0.1, 0.15) is 0 Å². The van der Waals surface area contributed by atoms with Gasteiger partial charge in [0.25, 0.3) is 0 Å². The van der Waals surface area contributed by atoms with Crippen LogP contribution in [-0.4, -0.2) is 22.4 Å². The minimum atomic E-state index is -0.0382. The van der Waals surface area contributed by atoms with Crippen LogP contribution in [0, 0.1) is 6.92 Å². The molecule has 0 fully saturated rings. The number of carbonyl (C=O) groups excluding carboxylic acids is 1. The standard InChI is InChI=1S/C22H19N3OS2/c1-15-8-10-16(11-9-15)23-21(26)14-28-22-13-19(20-7-4-12-27-20)24-17-5-2-3-6-18(17)25-22/h2-12H,13-14H2,1H3,(H,23,26). The second kappa shape index (κ2) is 8.54. The fraction of sp³-hybridized carbons (Fsp3) is 0.136. The third-order valence-corrected chi connectivity index (χ3v) is 6.11. The van der Waals surface area contributed by atoms with E-state index in [1.54, 1.807) is 11.3 Å². The molecular weight excluding hydrogens is 386 g/mol. The minimum Gasteiger partial charge on any atom is -0.325 e. The average molecular weight is 406 g/mol. The second-order valence-corrected chi connectivity index (χ2v) is 8.41. The number of thiophene rings is 1. The highest BCUT2D eigenvalue weighted by molar-refractivity contribution is 8.14. The maximum absolute atomic E-state index is 12.4. The Hall–Kier alpha value is -2.70. The highest BCUT2D eigenvalue weighted by atomic mass is 32.2. The van der Waals surface area contributed by atoms with E-state index in [4.69, 9.17) is 9.98 Å². The van der Waals surface area contributed by atoms with Gasteiger partial charge in [-0.1, -0.05) is 35.9 Å². The summed E-state index contributed by atoms with van der Waals surface area (Å²) in [6, 6.07) is 19.8. The summed E-state index contributed by atoms with van der Waals surface area (Å²) in [7, 11) is 0. The first-order valence-electron chi connectivity index (χ1n) is 8.95. The lowest BCUT2D eigenvalue weighted by molar-refractivity contribution is -0.113. The molecule has 1 N–H and O–H groups in total. The van der Waals surface area contributed by atoms with Gasteiger partial charge in [0.2, 0.25) is 5.91 Å². The van der Waals surface area contributed by atoms with Crippen molar-refractivity contribution in [3.8, 4) is 0 Å². The maximum Gasteiger partial charge on any atom is 0.234 e. The molecule has 0 aliphatic carbocycles. The third-order valence-electron chi connectivity index (χ3n) is 4.21. The highest BCUT2D eigenvalue weighted by Crippen LogP contribution is 2.33. The molecule has 0 saturated carbocycles. The molecule has 1 aromatic heterocycles. The van der Waals surface area contributed by atoms with E-state index in [9.17, 15) is 4.79 Å². The highest BCUT2D eigenvalue weighted by Gasteiger charge is 2.17. The first-order valence-corrected chi connectivity index (χ1v) is 10.8. The zero-order valence-corrected chi connectivity index (χ0v) is 17.0. The number of thioether (sulfide) groups is 1. The summed E-state index contributed by atoms with van der Waals surface area (Å²) in [4.78, 5) is 23.1. The molecule has 0 unspecified atom stereocenters. The van der Waals surface area contributed by atoms with Crippen molar-refractivity contribution in [1.29, 1.82) is 0 Å². The Labute approximate surface area is 172 Å². The monoisotopic (exact) mass is 405 g/mol. The molecule has 1 aliphatic rings. The van der Waals surface area contributed by atoms with E-state index in [0.717, 1.165) is 32.7 Å². The van der Waals surface area contributed by atoms with E-state index in [2.05, 4.69) is 11.4 Å². The van der Waals surface area contributed by atoms with Crippen LogP contribution >= 0.6 is 23.1 Å². The topological polar surface area (TPSA) is 53.8 Å². The van der Waals surface area contributed by atoms with Crippen molar-refractivity contribution in [2.45, 2.75) is 13.3 Å². The van der Waals surface area contributed by atoms with Gasteiger partial charge >= 0.3 is 0 Å². The number of benzene rings is 2. The number of anilines is 1. The van der Waals surface area contributed by atoms with E-state index in [1.165, 1.54) is 17.3 Å². The van der Waals surface area contributed by atoms with Crippen LogP contribution in [-0.2, 0) is 4.79 Å². The van der Waals surface area contributed by atoms with Crippen LogP contribution in [0.4, 0.5) is 17.1 Å². The van der Waals surface area contributed by atoms with E-state index >= 15 is 0 Å². The molecule has 1 aliphatic heterocycles. The molecule has 6 heteroatoms. The zero-order valence-electron chi connectivity index (χ0n) is 15.4. The lowest BCUT2D eigenvalue weighted by Gasteiger charge is -2.07. The summed E-state index contributed by atoms with van der Waals surface area (Å²) in [5, 5.41) is 5.89. The number of aryl methyl sites for hydroxylation is 1. The Morgan fingerprint density at radius 1 is 1.04 bits per heavy atom. The maximum atomic E-state index is 12.4. The Kier molecular flexibility index (Phi) is 5.69. The summed E-state index contributed by atoms with van der Waals surface area (Å²) < 4.78 is 0. The molecule has 1 amide bonds. The van der Waals surface area contributed by atoms with Crippen LogP contribution in [0.15, 0.2) is 76.0 Å². The summed E-state index contributed by atoms with van der Waals surface area (Å²) in [5.74, 6) is 0.274. The van der Waals surface area contributed by atoms with Crippen LogP contribution in [0.2, 0.25) is 0 Å². The zero-order chi connectivity index (χ0) is 19.3. The van der Waals surface area contributed by atoms with E-state index in [-0.39, 0.29) is 5.91 Å². The molecular formula is C22H19N3OS2. The smallest absolute Gasteiger partial charge is 0.234 e. The van der Waals surface area contributed by atoms with Gasteiger partial charge in [0.05, 0.1) is 27.9 Å². The average Bonchev–Trinajstić information content (AvgIpc) is 3.17. The SMILES string of the molecule is Cc1ccc(NC(=O)CSC2=Nc3ccccc3N=C(c3cccs3)C2)cc1. The van der Waals surface area contributed by atoms with Crippen LogP contribution in [0.3, 0.4) is 0 Å². The summed E-state index contributed by atoms with van der Waals surface area (Å²) in [6.45, 7) is 2.02. The van der Waals surface area contributed by atoms with Gasteiger partial charge < -0.3 is 5.32 Å². The normalized spacial score (nSPS) is 13.2. The number of nitrogens with one attached hydrogen (secondary N) is 1. The number of rotatable bonds is 4. The summed E-state index contributed by atoms with van der Waals surface area (Å²) >= 11 is 3.14. The number of nitrogens with zero attached hydrogens (tertiary/aromatic N) is 2. The van der Waals surface area contributed by atoms with Crippen LogP contribution < -0.4 is 5.32 Å². The molecule has 140 valence electrons. The number of aliphatic imine (C=N–C) groups is 2. The number of amides is 1. The quantitative estimate of drug-likeness (QED) is 0.580. The summed E-state index contributed by atoms with van der Waals surface area (Å²) in [5.41, 5.74) is 4.68. The summed E-state index contributed by atoms with van der Waals surface area (Å²) in [6.07, 6.45) is 0.623. The Morgan fingerprint density at radius 2 is 1.79 bits per heavy atom. The number of hydrogen-bond donors (Lipinski definition) is 1. The van der Waals surface area contributed by atoms with Gasteiger partial charge in [-0.15, -0.1) is 23.1 Å². The van der Waals surface area contributed by atoms with Gasteiger partial charge in [-0.3, -0.25) is 4.79 Å². The molecule has 0 radical (unpaired) electrons. The molecule has 2 heterocycles. The van der Waals surface area contributed by atoms with Crippen molar-refractivity contribution in [3.63, 3.8) is 0 Å². The molecule has 0 spiro atoms. The largest absolute Gasteiger partial charge is 0.325 e. The van der Waals surface area contributed by atoms with Crippen molar-refractivity contribution in [2.24, 2.45) is 9.98 Å². The fourth-order valence-electron chi connectivity index (χ4n) is 2.81. The number of para-hydroxylation sites is 2. The first-order chi connectivity index (χ1) is 13.7. The van der Waals surface area contributed by atoms with Crippen molar-refractivity contribution in [1.82, 2.24) is 0 Å². The predicted molar refractivity (Wildman–Crippen MR) is 121 cm³/mol. The van der Waals surface area contributed by atoms with Gasteiger partial charge in [-0.25, -0.2) is 9.98 Å². The molecule has 4 nitrogen and oxygen atoms in total. The minimum absolute atomic E-state index is 0.0382.